The normalized spacial score (nSPS) is 51.2. The number of cyclic esters (lactones) is 1. The highest BCUT2D eigenvalue weighted by atomic mass is 16.7. The van der Waals surface area contributed by atoms with Gasteiger partial charge in [-0.1, -0.05) is 13.8 Å². The third-order valence-electron chi connectivity index (χ3n) is 12.6. The number of methoxy groups -OCH3 is 1. The van der Waals surface area contributed by atoms with Crippen molar-refractivity contribution in [1.29, 1.82) is 0 Å². The van der Waals surface area contributed by atoms with Gasteiger partial charge in [-0.15, -0.1) is 0 Å². The van der Waals surface area contributed by atoms with Crippen molar-refractivity contribution in [3.8, 4) is 0 Å². The van der Waals surface area contributed by atoms with E-state index in [4.69, 9.17) is 23.7 Å². The lowest BCUT2D eigenvalue weighted by atomic mass is 9.43. The van der Waals surface area contributed by atoms with Crippen LogP contribution < -0.4 is 0 Å². The van der Waals surface area contributed by atoms with Gasteiger partial charge in [0.15, 0.2) is 12.4 Å². The van der Waals surface area contributed by atoms with E-state index in [1.54, 1.807) is 13.0 Å². The van der Waals surface area contributed by atoms with Crippen LogP contribution in [0.25, 0.3) is 0 Å². The summed E-state index contributed by atoms with van der Waals surface area (Å²) in [5, 5.41) is 23.1. The van der Waals surface area contributed by atoms with Crippen LogP contribution >= 0.6 is 0 Å². The maximum Gasteiger partial charge on any atom is 0.331 e. The summed E-state index contributed by atoms with van der Waals surface area (Å²) in [6.45, 7) is 8.19. The van der Waals surface area contributed by atoms with Crippen molar-refractivity contribution in [3.63, 3.8) is 0 Å². The van der Waals surface area contributed by atoms with Crippen LogP contribution in [0, 0.1) is 34.5 Å². The predicted molar refractivity (Wildman–Crippen MR) is 147 cm³/mol. The second-order valence-corrected chi connectivity index (χ2v) is 14.3. The zero-order valence-corrected chi connectivity index (χ0v) is 25.2. The number of hydrogen-bond donors (Lipinski definition) is 2. The molecule has 0 aromatic carbocycles. The molecule has 0 radical (unpaired) electrons. The van der Waals surface area contributed by atoms with Crippen LogP contribution in [0.4, 0.5) is 0 Å². The van der Waals surface area contributed by atoms with E-state index in [1.165, 1.54) is 14.0 Å². The second kappa shape index (κ2) is 10.6. The molecule has 4 aliphatic carbocycles. The fourth-order valence-electron chi connectivity index (χ4n) is 10.4. The quantitative estimate of drug-likeness (QED) is 0.373. The molecular weight excluding hydrogens is 528 g/mol. The fraction of sp³-hybridized carbons (Fsp3) is 0.875. The molecule has 0 spiro atoms. The molecule has 9 heteroatoms. The van der Waals surface area contributed by atoms with Crippen LogP contribution in [-0.4, -0.2) is 78.3 Å². The third-order valence-corrected chi connectivity index (χ3v) is 12.6. The number of rotatable bonds is 5. The topological polar surface area (TPSA) is 121 Å². The third kappa shape index (κ3) is 4.60. The molecule has 6 rings (SSSR count). The molecule has 1 saturated heterocycles. The number of ether oxygens (including phenoxy) is 5. The van der Waals surface area contributed by atoms with Gasteiger partial charge in [0.05, 0.1) is 17.8 Å². The maximum absolute atomic E-state index is 12.5. The Bertz CT molecular complexity index is 1080. The van der Waals surface area contributed by atoms with Crippen molar-refractivity contribution in [2.45, 2.75) is 128 Å². The molecule has 9 nitrogen and oxygen atoms in total. The summed E-state index contributed by atoms with van der Waals surface area (Å²) in [5.41, 5.74) is 0.221. The Balaban J connectivity index is 1.16. The highest BCUT2D eigenvalue weighted by Crippen LogP contribution is 2.70. The minimum atomic E-state index is -0.926. The molecular formula is C32H48O9. The lowest BCUT2D eigenvalue weighted by Gasteiger charge is -2.64. The Labute approximate surface area is 243 Å². The Morgan fingerprint density at radius 1 is 1.05 bits per heavy atom. The number of hydrogen-bond acceptors (Lipinski definition) is 9. The van der Waals surface area contributed by atoms with Crippen molar-refractivity contribution >= 4 is 11.9 Å². The first-order chi connectivity index (χ1) is 19.4. The monoisotopic (exact) mass is 576 g/mol. The number of fused-ring (bicyclic) bond motifs is 5. The fourth-order valence-corrected chi connectivity index (χ4v) is 10.4. The molecule has 2 aliphatic heterocycles. The summed E-state index contributed by atoms with van der Waals surface area (Å²) in [6, 6.07) is 0. The Hall–Kier alpha value is -1.52. The Morgan fingerprint density at radius 2 is 1.83 bits per heavy atom. The SMILES string of the molecule is CO[C@H]1[C@@H](O)[C@H](C)O[C@H](O[C@H]2CC[C@@]3(C)[C@H](CC[C@H]4[C@H]3CC[C@]3(C)[C@@H](C5=CC(=O)OC5)CC[C@]43O)C2)[C@H]1OC(C)=O. The lowest BCUT2D eigenvalue weighted by molar-refractivity contribution is -0.315. The largest absolute Gasteiger partial charge is 0.458 e. The minimum absolute atomic E-state index is 0.0488. The second-order valence-electron chi connectivity index (χ2n) is 14.3. The van der Waals surface area contributed by atoms with Gasteiger partial charge in [-0.25, -0.2) is 4.79 Å². The predicted octanol–water partition coefficient (Wildman–Crippen LogP) is 3.68. The van der Waals surface area contributed by atoms with E-state index in [0.717, 1.165) is 63.4 Å². The molecule has 2 N–H and O–H groups in total. The van der Waals surface area contributed by atoms with Gasteiger partial charge in [-0.3, -0.25) is 4.79 Å². The minimum Gasteiger partial charge on any atom is -0.458 e. The summed E-state index contributed by atoms with van der Waals surface area (Å²) in [6.07, 6.45) is 6.35. The van der Waals surface area contributed by atoms with Crippen molar-refractivity contribution in [1.82, 2.24) is 0 Å². The summed E-state index contributed by atoms with van der Waals surface area (Å²) in [4.78, 5) is 23.7. The van der Waals surface area contributed by atoms with E-state index in [2.05, 4.69) is 13.8 Å². The van der Waals surface area contributed by atoms with Crippen LogP contribution in [-0.2, 0) is 33.3 Å². The first-order valence-electron chi connectivity index (χ1n) is 15.7. The zero-order chi connectivity index (χ0) is 29.3. The van der Waals surface area contributed by atoms with Crippen LogP contribution in [0.1, 0.15) is 85.5 Å². The van der Waals surface area contributed by atoms with Crippen molar-refractivity contribution < 1.29 is 43.5 Å². The summed E-state index contributed by atoms with van der Waals surface area (Å²) < 4.78 is 28.9. The molecule has 4 saturated carbocycles. The number of aliphatic hydroxyl groups excluding tert-OH is 1. The van der Waals surface area contributed by atoms with E-state index >= 15 is 0 Å². The van der Waals surface area contributed by atoms with E-state index in [-0.39, 0.29) is 34.7 Å². The molecule has 2 heterocycles. The number of esters is 2. The number of aliphatic hydroxyl groups is 2. The summed E-state index contributed by atoms with van der Waals surface area (Å²) in [7, 11) is 1.50. The van der Waals surface area contributed by atoms with Crippen LogP contribution in [0.5, 0.6) is 0 Å². The van der Waals surface area contributed by atoms with Gasteiger partial charge in [0.2, 0.25) is 0 Å². The van der Waals surface area contributed by atoms with Crippen molar-refractivity contribution in [2.24, 2.45) is 34.5 Å². The zero-order valence-electron chi connectivity index (χ0n) is 25.2. The molecule has 13 atom stereocenters. The summed E-state index contributed by atoms with van der Waals surface area (Å²) in [5.74, 6) is 0.650. The van der Waals surface area contributed by atoms with Gasteiger partial charge in [0.25, 0.3) is 0 Å². The number of carbonyl (C=O) groups excluding carboxylic acids is 2. The molecule has 5 fully saturated rings. The van der Waals surface area contributed by atoms with Crippen molar-refractivity contribution in [3.05, 3.63) is 11.6 Å². The van der Waals surface area contributed by atoms with Crippen molar-refractivity contribution in [2.75, 3.05) is 13.7 Å². The molecule has 41 heavy (non-hydrogen) atoms. The van der Waals surface area contributed by atoms with Gasteiger partial charge in [0.1, 0.15) is 18.8 Å². The van der Waals surface area contributed by atoms with E-state index < -0.39 is 42.3 Å². The first-order valence-corrected chi connectivity index (χ1v) is 15.7. The molecule has 0 bridgehead atoms. The van der Waals surface area contributed by atoms with Gasteiger partial charge in [0, 0.05) is 25.5 Å². The van der Waals surface area contributed by atoms with Crippen LogP contribution in [0.3, 0.4) is 0 Å². The molecule has 6 aliphatic rings. The van der Waals surface area contributed by atoms with Crippen LogP contribution in [0.2, 0.25) is 0 Å². The maximum atomic E-state index is 12.5. The van der Waals surface area contributed by atoms with E-state index in [1.807, 2.05) is 0 Å². The highest BCUT2D eigenvalue weighted by Gasteiger charge is 2.67. The van der Waals surface area contributed by atoms with Crippen LogP contribution in [0.15, 0.2) is 11.6 Å². The van der Waals surface area contributed by atoms with E-state index in [9.17, 15) is 19.8 Å². The average Bonchev–Trinajstić information content (AvgIpc) is 3.46. The Kier molecular flexibility index (Phi) is 7.62. The van der Waals surface area contributed by atoms with Gasteiger partial charge < -0.3 is 33.9 Å². The average molecular weight is 577 g/mol. The molecule has 0 aromatic rings. The summed E-state index contributed by atoms with van der Waals surface area (Å²) >= 11 is 0. The first kappa shape index (κ1) is 29.5. The van der Waals surface area contributed by atoms with Gasteiger partial charge in [-0.2, -0.15) is 0 Å². The highest BCUT2D eigenvalue weighted by molar-refractivity contribution is 5.85. The molecule has 0 amide bonds. The van der Waals surface area contributed by atoms with E-state index in [0.29, 0.717) is 18.4 Å². The van der Waals surface area contributed by atoms with Gasteiger partial charge in [-0.05, 0) is 99.4 Å². The van der Waals surface area contributed by atoms with Gasteiger partial charge >= 0.3 is 11.9 Å². The molecule has 0 aromatic heterocycles. The molecule has 0 unspecified atom stereocenters. The Morgan fingerprint density at radius 3 is 2.51 bits per heavy atom. The standard InChI is InChI=1S/C32H48O9/c1-17-26(35)27(37-5)28(40-18(2)33)29(39-17)41-21-8-11-30(3)20(15-21)6-7-24-23(30)9-12-31(4)22(10-13-32(24,31)36)19-14-25(34)38-16-19/h14,17,20-24,26-29,35-36H,6-13,15-16H2,1-5H3/t17-,20+,21-,22+,23+,24-,26-,27-,28-,29+,30-,31+,32-/m0/s1. The number of carbonyl (C=O) groups is 2. The smallest absolute Gasteiger partial charge is 0.331 e. The molecule has 230 valence electrons. The lowest BCUT2D eigenvalue weighted by Crippen LogP contribution is -2.63.